The number of carbonyl (C=O) groups is 1. The number of amides is 1. The van der Waals surface area contributed by atoms with Crippen LogP contribution in [0.1, 0.15) is 21.9 Å². The van der Waals surface area contributed by atoms with Gasteiger partial charge >= 0.3 is 0 Å². The van der Waals surface area contributed by atoms with Crippen molar-refractivity contribution in [3.8, 4) is 0 Å². The number of rotatable bonds is 5. The lowest BCUT2D eigenvalue weighted by Gasteiger charge is -2.06. The molecule has 138 valence electrons. The monoisotopic (exact) mass is 385 g/mol. The third kappa shape index (κ3) is 4.38. The Kier molecular flexibility index (Phi) is 5.64. The van der Waals surface area contributed by atoms with Gasteiger partial charge in [0.1, 0.15) is 5.25 Å². The lowest BCUT2D eigenvalue weighted by molar-refractivity contribution is -0.118. The van der Waals surface area contributed by atoms with Gasteiger partial charge in [-0.05, 0) is 16.7 Å². The number of carbonyl (C=O) groups excluding carboxylic acids is 1. The van der Waals surface area contributed by atoms with Crippen LogP contribution in [0, 0.1) is 0 Å². The molecular weight excluding hydrogens is 366 g/mol. The van der Waals surface area contributed by atoms with Crippen LogP contribution in [-0.4, -0.2) is 16.8 Å². The molecule has 1 amide bonds. The standard InChI is InChI=1S/C23H19N3OS/c27-22-21(19-14-8-3-9-15-19)28-23(24-22)26-25-20(18-12-6-2-7-13-18)16-17-10-4-1-5-11-17/h1-15,21H,16H2,(H,24,26,27)/b25-20+/t21-/m1/s1. The molecule has 5 heteroatoms. The maximum Gasteiger partial charge on any atom is 0.244 e. The summed E-state index contributed by atoms with van der Waals surface area (Å²) in [6.45, 7) is 0. The number of nitrogens with one attached hydrogen (secondary N) is 1. The first-order valence-corrected chi connectivity index (χ1v) is 9.94. The van der Waals surface area contributed by atoms with Crippen molar-refractivity contribution in [2.24, 2.45) is 10.2 Å². The van der Waals surface area contributed by atoms with Crippen molar-refractivity contribution in [3.05, 3.63) is 108 Å². The number of hydrogen-bond acceptors (Lipinski definition) is 4. The molecule has 3 aromatic rings. The molecule has 4 rings (SSSR count). The predicted octanol–water partition coefficient (Wildman–Crippen LogP) is 4.59. The van der Waals surface area contributed by atoms with Crippen LogP contribution >= 0.6 is 11.8 Å². The van der Waals surface area contributed by atoms with E-state index in [4.69, 9.17) is 0 Å². The van der Waals surface area contributed by atoms with E-state index in [1.54, 1.807) is 0 Å². The van der Waals surface area contributed by atoms with Crippen molar-refractivity contribution in [1.29, 1.82) is 0 Å². The van der Waals surface area contributed by atoms with Crippen molar-refractivity contribution in [2.75, 3.05) is 0 Å². The summed E-state index contributed by atoms with van der Waals surface area (Å²) in [5.41, 5.74) is 4.00. The van der Waals surface area contributed by atoms with E-state index in [1.165, 1.54) is 11.8 Å². The Labute approximate surface area is 168 Å². The number of nitrogens with zero attached hydrogens (tertiary/aromatic N) is 2. The van der Waals surface area contributed by atoms with Gasteiger partial charge in [-0.15, -0.1) is 5.10 Å². The summed E-state index contributed by atoms with van der Waals surface area (Å²) in [6, 6.07) is 29.9. The second-order valence-corrected chi connectivity index (χ2v) is 7.47. The molecule has 1 fully saturated rings. The fraction of sp³-hybridized carbons (Fsp3) is 0.0870. The maximum absolute atomic E-state index is 12.3. The van der Waals surface area contributed by atoms with Gasteiger partial charge in [0.05, 0.1) is 5.71 Å². The first-order valence-electron chi connectivity index (χ1n) is 9.06. The molecule has 0 saturated carbocycles. The summed E-state index contributed by atoms with van der Waals surface area (Å²) in [4.78, 5) is 12.3. The number of benzene rings is 3. The molecule has 0 aromatic heterocycles. The Hall–Kier alpha value is -3.18. The molecule has 0 spiro atoms. The number of thioether (sulfide) groups is 1. The molecule has 3 aromatic carbocycles. The van der Waals surface area contributed by atoms with Crippen LogP contribution in [0.5, 0.6) is 0 Å². The zero-order valence-electron chi connectivity index (χ0n) is 15.2. The van der Waals surface area contributed by atoms with Gasteiger partial charge < -0.3 is 5.32 Å². The van der Waals surface area contributed by atoms with Crippen LogP contribution in [0.25, 0.3) is 0 Å². The van der Waals surface area contributed by atoms with Gasteiger partial charge in [0.2, 0.25) is 5.91 Å². The highest BCUT2D eigenvalue weighted by atomic mass is 32.2. The van der Waals surface area contributed by atoms with Gasteiger partial charge in [-0.2, -0.15) is 5.10 Å². The van der Waals surface area contributed by atoms with E-state index in [0.29, 0.717) is 11.6 Å². The summed E-state index contributed by atoms with van der Waals surface area (Å²) < 4.78 is 0. The average Bonchev–Trinajstić information content (AvgIpc) is 3.13. The minimum atomic E-state index is -0.288. The van der Waals surface area contributed by atoms with Crippen LogP contribution in [0.15, 0.2) is 101 Å². The van der Waals surface area contributed by atoms with Gasteiger partial charge in [-0.1, -0.05) is 103 Å². The molecule has 1 aliphatic heterocycles. The largest absolute Gasteiger partial charge is 0.302 e. The lowest BCUT2D eigenvalue weighted by Crippen LogP contribution is -2.21. The molecule has 1 N–H and O–H groups in total. The molecule has 0 unspecified atom stereocenters. The van der Waals surface area contributed by atoms with Crippen LogP contribution in [0.2, 0.25) is 0 Å². The van der Waals surface area contributed by atoms with Crippen LogP contribution in [0.3, 0.4) is 0 Å². The Morgan fingerprint density at radius 3 is 2.14 bits per heavy atom. The second-order valence-electron chi connectivity index (χ2n) is 6.38. The first-order chi connectivity index (χ1) is 13.8. The van der Waals surface area contributed by atoms with Crippen LogP contribution in [0.4, 0.5) is 0 Å². The SMILES string of the molecule is O=C1N/C(=N\N=C(/Cc2ccccc2)c2ccccc2)S[C@@H]1c1ccccc1. The summed E-state index contributed by atoms with van der Waals surface area (Å²) in [6.07, 6.45) is 0.669. The van der Waals surface area contributed by atoms with E-state index in [-0.39, 0.29) is 11.2 Å². The number of hydrogen-bond donors (Lipinski definition) is 1. The van der Waals surface area contributed by atoms with E-state index >= 15 is 0 Å². The Morgan fingerprint density at radius 2 is 1.46 bits per heavy atom. The molecular formula is C23H19N3OS. The summed E-state index contributed by atoms with van der Waals surface area (Å²) in [5.74, 6) is -0.0607. The molecule has 1 heterocycles. The van der Waals surface area contributed by atoms with E-state index in [9.17, 15) is 4.79 Å². The normalized spacial score (nSPS) is 18.3. The van der Waals surface area contributed by atoms with Crippen LogP contribution < -0.4 is 5.32 Å². The molecule has 28 heavy (non-hydrogen) atoms. The Bertz CT molecular complexity index is 1000. The highest BCUT2D eigenvalue weighted by molar-refractivity contribution is 8.15. The third-order valence-corrected chi connectivity index (χ3v) is 5.51. The van der Waals surface area contributed by atoms with Gasteiger partial charge in [0, 0.05) is 6.42 Å². The Balaban J connectivity index is 1.59. The van der Waals surface area contributed by atoms with E-state index in [2.05, 4.69) is 27.7 Å². The third-order valence-electron chi connectivity index (χ3n) is 4.38. The lowest BCUT2D eigenvalue weighted by atomic mass is 10.0. The fourth-order valence-corrected chi connectivity index (χ4v) is 3.91. The van der Waals surface area contributed by atoms with Crippen molar-refractivity contribution in [3.63, 3.8) is 0 Å². The minimum absolute atomic E-state index is 0.0607. The second kappa shape index (κ2) is 8.67. The molecule has 0 aliphatic carbocycles. The molecule has 0 radical (unpaired) electrons. The van der Waals surface area contributed by atoms with Gasteiger partial charge in [-0.3, -0.25) is 4.79 Å². The average molecular weight is 385 g/mol. The summed E-state index contributed by atoms with van der Waals surface area (Å²) in [5, 5.41) is 11.9. The molecule has 4 nitrogen and oxygen atoms in total. The van der Waals surface area contributed by atoms with E-state index in [1.807, 2.05) is 78.9 Å². The molecule has 0 bridgehead atoms. The van der Waals surface area contributed by atoms with Crippen LogP contribution in [-0.2, 0) is 11.2 Å². The van der Waals surface area contributed by atoms with Crippen molar-refractivity contribution < 1.29 is 4.79 Å². The van der Waals surface area contributed by atoms with Crippen molar-refractivity contribution in [1.82, 2.24) is 5.32 Å². The molecule has 1 atom stereocenters. The maximum atomic E-state index is 12.3. The zero-order chi connectivity index (χ0) is 19.2. The van der Waals surface area contributed by atoms with Crippen molar-refractivity contribution >= 4 is 28.5 Å². The minimum Gasteiger partial charge on any atom is -0.302 e. The van der Waals surface area contributed by atoms with E-state index in [0.717, 1.165) is 22.4 Å². The van der Waals surface area contributed by atoms with E-state index < -0.39 is 0 Å². The van der Waals surface area contributed by atoms with Crippen molar-refractivity contribution in [2.45, 2.75) is 11.7 Å². The zero-order valence-corrected chi connectivity index (χ0v) is 16.0. The summed E-state index contributed by atoms with van der Waals surface area (Å²) in [7, 11) is 0. The predicted molar refractivity (Wildman–Crippen MR) is 115 cm³/mol. The topological polar surface area (TPSA) is 53.8 Å². The smallest absolute Gasteiger partial charge is 0.244 e. The highest BCUT2D eigenvalue weighted by Crippen LogP contribution is 2.34. The summed E-state index contributed by atoms with van der Waals surface area (Å²) >= 11 is 1.40. The van der Waals surface area contributed by atoms with Gasteiger partial charge in [0.15, 0.2) is 5.17 Å². The number of amidine groups is 1. The van der Waals surface area contributed by atoms with Gasteiger partial charge in [0.25, 0.3) is 0 Å². The molecule has 1 saturated heterocycles. The Morgan fingerprint density at radius 1 is 0.857 bits per heavy atom. The quantitative estimate of drug-likeness (QED) is 0.516. The first kappa shape index (κ1) is 18.2. The van der Waals surface area contributed by atoms with Gasteiger partial charge in [-0.25, -0.2) is 0 Å². The molecule has 1 aliphatic rings. The highest BCUT2D eigenvalue weighted by Gasteiger charge is 2.31. The fourth-order valence-electron chi connectivity index (χ4n) is 2.98.